The van der Waals surface area contributed by atoms with Crippen molar-refractivity contribution in [3.63, 3.8) is 0 Å². The fourth-order valence-electron chi connectivity index (χ4n) is 3.29. The molecule has 3 aromatic carbocycles. The molecular formula is C25H19ClFN3O4S. The van der Waals surface area contributed by atoms with Gasteiger partial charge in [-0.25, -0.2) is 4.39 Å². The van der Waals surface area contributed by atoms with E-state index in [1.165, 1.54) is 26.4 Å². The first-order chi connectivity index (χ1) is 16.9. The monoisotopic (exact) mass is 511 g/mol. The van der Waals surface area contributed by atoms with E-state index in [9.17, 15) is 9.18 Å². The molecule has 0 radical (unpaired) electrons. The van der Waals surface area contributed by atoms with E-state index in [1.807, 2.05) is 0 Å². The van der Waals surface area contributed by atoms with Crippen molar-refractivity contribution < 1.29 is 23.4 Å². The highest BCUT2D eigenvalue weighted by Crippen LogP contribution is 2.37. The van der Waals surface area contributed by atoms with E-state index >= 15 is 0 Å². The molecular weight excluding hydrogens is 493 g/mol. The lowest BCUT2D eigenvalue weighted by atomic mass is 10.2. The van der Waals surface area contributed by atoms with Crippen molar-refractivity contribution in [3.8, 4) is 23.0 Å². The van der Waals surface area contributed by atoms with Crippen LogP contribution in [0.15, 0.2) is 66.9 Å². The Labute approximate surface area is 210 Å². The maximum Gasteiger partial charge on any atom is 0.258 e. The Kier molecular flexibility index (Phi) is 7.28. The van der Waals surface area contributed by atoms with Gasteiger partial charge in [0, 0.05) is 23.7 Å². The standard InChI is InChI=1S/C25H19ClFN3O4S/c1-32-22-12-16-20(13-23(22)33-2)28-10-9-21(16)34-14-7-8-19(18(27)11-14)29-25(35)30-24(31)15-5-3-4-6-17(15)26/h3-13H,1-2H3,(H2,29,30,31,35). The third-order valence-corrected chi connectivity index (χ3v) is 5.50. The number of methoxy groups -OCH3 is 2. The quantitative estimate of drug-likeness (QED) is 0.309. The van der Waals surface area contributed by atoms with Gasteiger partial charge < -0.3 is 19.5 Å². The molecule has 0 saturated heterocycles. The number of aromatic nitrogens is 1. The molecule has 10 heteroatoms. The number of pyridine rings is 1. The zero-order chi connectivity index (χ0) is 24.9. The summed E-state index contributed by atoms with van der Waals surface area (Å²) in [5, 5.41) is 6.00. The van der Waals surface area contributed by atoms with Gasteiger partial charge in [-0.1, -0.05) is 23.7 Å². The van der Waals surface area contributed by atoms with Gasteiger partial charge in [-0.15, -0.1) is 0 Å². The van der Waals surface area contributed by atoms with Gasteiger partial charge in [-0.3, -0.25) is 15.1 Å². The van der Waals surface area contributed by atoms with E-state index < -0.39 is 11.7 Å². The van der Waals surface area contributed by atoms with Crippen LogP contribution in [0.4, 0.5) is 10.1 Å². The number of hydrogen-bond donors (Lipinski definition) is 2. The predicted molar refractivity (Wildman–Crippen MR) is 136 cm³/mol. The van der Waals surface area contributed by atoms with E-state index in [4.69, 9.17) is 38.0 Å². The Balaban J connectivity index is 1.50. The molecule has 0 unspecified atom stereocenters. The van der Waals surface area contributed by atoms with Crippen LogP contribution < -0.4 is 24.8 Å². The topological polar surface area (TPSA) is 81.7 Å². The molecule has 4 rings (SSSR count). The predicted octanol–water partition coefficient (Wildman–Crippen LogP) is 5.96. The third kappa shape index (κ3) is 5.42. The van der Waals surface area contributed by atoms with Crippen molar-refractivity contribution in [2.75, 3.05) is 19.5 Å². The molecule has 0 aliphatic rings. The summed E-state index contributed by atoms with van der Waals surface area (Å²) in [6, 6.07) is 15.9. The first-order valence-electron chi connectivity index (χ1n) is 10.2. The molecule has 0 atom stereocenters. The van der Waals surface area contributed by atoms with Crippen molar-refractivity contribution >= 4 is 51.4 Å². The molecule has 2 N–H and O–H groups in total. The number of hydrogen-bond acceptors (Lipinski definition) is 6. The Bertz CT molecular complexity index is 1430. The molecule has 0 spiro atoms. The highest BCUT2D eigenvalue weighted by molar-refractivity contribution is 7.80. The molecule has 178 valence electrons. The van der Waals surface area contributed by atoms with Crippen LogP contribution in [0.3, 0.4) is 0 Å². The fraction of sp³-hybridized carbons (Fsp3) is 0.0800. The summed E-state index contributed by atoms with van der Waals surface area (Å²) >= 11 is 11.2. The number of benzene rings is 3. The summed E-state index contributed by atoms with van der Waals surface area (Å²) < 4.78 is 31.4. The van der Waals surface area contributed by atoms with Crippen LogP contribution in [0.25, 0.3) is 10.9 Å². The number of halogens is 2. The Morgan fingerprint density at radius 3 is 2.46 bits per heavy atom. The third-order valence-electron chi connectivity index (χ3n) is 4.97. The second kappa shape index (κ2) is 10.5. The number of rotatable bonds is 6. The number of ether oxygens (including phenoxy) is 3. The molecule has 1 heterocycles. The smallest absolute Gasteiger partial charge is 0.258 e. The molecule has 35 heavy (non-hydrogen) atoms. The maximum absolute atomic E-state index is 14.8. The molecule has 4 aromatic rings. The second-order valence-electron chi connectivity index (χ2n) is 7.17. The molecule has 7 nitrogen and oxygen atoms in total. The van der Waals surface area contributed by atoms with E-state index in [0.29, 0.717) is 28.2 Å². The lowest BCUT2D eigenvalue weighted by Gasteiger charge is -2.14. The van der Waals surface area contributed by atoms with Gasteiger partial charge in [-0.2, -0.15) is 0 Å². The van der Waals surface area contributed by atoms with Crippen LogP contribution in [0.2, 0.25) is 5.02 Å². The molecule has 0 bridgehead atoms. The van der Waals surface area contributed by atoms with Gasteiger partial charge in [0.15, 0.2) is 16.6 Å². The summed E-state index contributed by atoms with van der Waals surface area (Å²) in [6.07, 6.45) is 1.58. The Hall–Kier alpha value is -3.95. The maximum atomic E-state index is 14.8. The lowest BCUT2D eigenvalue weighted by Crippen LogP contribution is -2.34. The molecule has 0 aliphatic carbocycles. The van der Waals surface area contributed by atoms with Crippen molar-refractivity contribution in [1.29, 1.82) is 0 Å². The number of anilines is 1. The number of carbonyl (C=O) groups is 1. The first-order valence-corrected chi connectivity index (χ1v) is 11.0. The summed E-state index contributed by atoms with van der Waals surface area (Å²) in [6.45, 7) is 0. The highest BCUT2D eigenvalue weighted by Gasteiger charge is 2.14. The van der Waals surface area contributed by atoms with Crippen molar-refractivity contribution in [3.05, 3.63) is 83.3 Å². The number of fused-ring (bicyclic) bond motifs is 1. The van der Waals surface area contributed by atoms with Gasteiger partial charge in [0.2, 0.25) is 0 Å². The second-order valence-corrected chi connectivity index (χ2v) is 7.98. The van der Waals surface area contributed by atoms with Gasteiger partial charge in [0.05, 0.1) is 36.0 Å². The fourth-order valence-corrected chi connectivity index (χ4v) is 3.72. The van der Waals surface area contributed by atoms with Crippen molar-refractivity contribution in [2.45, 2.75) is 0 Å². The summed E-state index contributed by atoms with van der Waals surface area (Å²) in [7, 11) is 3.07. The van der Waals surface area contributed by atoms with E-state index in [1.54, 1.807) is 54.7 Å². The summed E-state index contributed by atoms with van der Waals surface area (Å²) in [5.74, 6) is 0.610. The lowest BCUT2D eigenvalue weighted by molar-refractivity contribution is 0.0978. The van der Waals surface area contributed by atoms with Crippen LogP contribution >= 0.6 is 23.8 Å². The van der Waals surface area contributed by atoms with E-state index in [-0.39, 0.29) is 27.1 Å². The van der Waals surface area contributed by atoms with Crippen LogP contribution in [0, 0.1) is 5.82 Å². The van der Waals surface area contributed by atoms with Crippen LogP contribution in [0.5, 0.6) is 23.0 Å². The van der Waals surface area contributed by atoms with Crippen LogP contribution in [-0.2, 0) is 0 Å². The molecule has 0 fully saturated rings. The van der Waals surface area contributed by atoms with Gasteiger partial charge >= 0.3 is 0 Å². The highest BCUT2D eigenvalue weighted by atomic mass is 35.5. The Morgan fingerprint density at radius 1 is 1.00 bits per heavy atom. The zero-order valence-electron chi connectivity index (χ0n) is 18.6. The minimum Gasteiger partial charge on any atom is -0.493 e. The number of amides is 1. The summed E-state index contributed by atoms with van der Waals surface area (Å²) in [4.78, 5) is 16.7. The number of carbonyl (C=O) groups excluding carboxylic acids is 1. The van der Waals surface area contributed by atoms with Gasteiger partial charge in [0.1, 0.15) is 17.3 Å². The summed E-state index contributed by atoms with van der Waals surface area (Å²) in [5.41, 5.74) is 0.938. The van der Waals surface area contributed by atoms with Gasteiger partial charge in [0.25, 0.3) is 5.91 Å². The normalized spacial score (nSPS) is 10.5. The van der Waals surface area contributed by atoms with Gasteiger partial charge in [-0.05, 0) is 48.6 Å². The minimum absolute atomic E-state index is 0.0628. The van der Waals surface area contributed by atoms with Crippen molar-refractivity contribution in [2.24, 2.45) is 0 Å². The molecule has 1 amide bonds. The molecule has 1 aromatic heterocycles. The van der Waals surface area contributed by atoms with Crippen LogP contribution in [-0.4, -0.2) is 30.2 Å². The van der Waals surface area contributed by atoms with Crippen LogP contribution in [0.1, 0.15) is 10.4 Å². The average Bonchev–Trinajstić information content (AvgIpc) is 2.85. The van der Waals surface area contributed by atoms with Crippen molar-refractivity contribution in [1.82, 2.24) is 10.3 Å². The number of nitrogens with zero attached hydrogens (tertiary/aromatic N) is 1. The molecule has 0 aliphatic heterocycles. The van der Waals surface area contributed by atoms with E-state index in [2.05, 4.69) is 15.6 Å². The Morgan fingerprint density at radius 2 is 1.74 bits per heavy atom. The number of nitrogens with one attached hydrogen (secondary N) is 2. The first kappa shape index (κ1) is 24.2. The largest absolute Gasteiger partial charge is 0.493 e. The average molecular weight is 512 g/mol. The minimum atomic E-state index is -0.630. The SMILES string of the molecule is COc1cc2nccc(Oc3ccc(NC(=S)NC(=O)c4ccccc4Cl)c(F)c3)c2cc1OC. The van der Waals surface area contributed by atoms with E-state index in [0.717, 1.165) is 0 Å². The molecule has 0 saturated carbocycles. The zero-order valence-corrected chi connectivity index (χ0v) is 20.2. The number of thiocarbonyl (C=S) groups is 1.